The summed E-state index contributed by atoms with van der Waals surface area (Å²) in [6.45, 7) is 8.86. The van der Waals surface area contributed by atoms with E-state index in [1.807, 2.05) is 0 Å². The molecule has 2 aromatic rings. The summed E-state index contributed by atoms with van der Waals surface area (Å²) < 4.78 is 0. The number of nitrogens with zero attached hydrogens (tertiary/aromatic N) is 2. The highest BCUT2D eigenvalue weighted by atomic mass is 14.8. The average Bonchev–Trinajstić information content (AvgIpc) is 2.95. The Balaban J connectivity index is 2.10. The van der Waals surface area contributed by atoms with Gasteiger partial charge in [-0.2, -0.15) is 0 Å². The van der Waals surface area contributed by atoms with Crippen LogP contribution in [0.4, 0.5) is 11.4 Å². The fraction of sp³-hybridized carbons (Fsp3) is 0.500. The first-order valence-corrected chi connectivity index (χ1v) is 15.0. The van der Waals surface area contributed by atoms with Gasteiger partial charge in [0.15, 0.2) is 0 Å². The highest BCUT2D eigenvalue weighted by Crippen LogP contribution is 2.19. The van der Waals surface area contributed by atoms with Crippen molar-refractivity contribution >= 4 is 22.8 Å². The first kappa shape index (κ1) is 31.1. The SMILES string of the molecule is CCCCCCC#Cc1ccc(N=C(CC)C(CCCC)=Nc2ccc(C#CCCCCCC)cc2)cc1. The fourth-order valence-corrected chi connectivity index (χ4v) is 4.12. The van der Waals surface area contributed by atoms with Gasteiger partial charge in [0, 0.05) is 24.0 Å². The molecule has 2 rings (SSSR count). The maximum Gasteiger partial charge on any atom is 0.0634 e. The molecule has 38 heavy (non-hydrogen) atoms. The van der Waals surface area contributed by atoms with Crippen LogP contribution in [0.25, 0.3) is 0 Å². The summed E-state index contributed by atoms with van der Waals surface area (Å²) in [5.74, 6) is 13.2. The van der Waals surface area contributed by atoms with Crippen molar-refractivity contribution in [2.75, 3.05) is 0 Å². The Bertz CT molecular complexity index is 1100. The first-order valence-electron chi connectivity index (χ1n) is 15.0. The summed E-state index contributed by atoms with van der Waals surface area (Å²) in [4.78, 5) is 10.0. The lowest BCUT2D eigenvalue weighted by Gasteiger charge is -2.09. The molecule has 0 aliphatic heterocycles. The molecule has 0 spiro atoms. The molecule has 0 atom stereocenters. The zero-order valence-corrected chi connectivity index (χ0v) is 24.4. The average molecular weight is 509 g/mol. The summed E-state index contributed by atoms with van der Waals surface area (Å²) in [5.41, 5.74) is 6.19. The summed E-state index contributed by atoms with van der Waals surface area (Å²) in [7, 11) is 0. The molecule has 0 heterocycles. The van der Waals surface area contributed by atoms with E-state index in [0.717, 1.165) is 72.4 Å². The quantitative estimate of drug-likeness (QED) is 0.130. The third-order valence-electron chi connectivity index (χ3n) is 6.47. The molecule has 0 saturated carbocycles. The Kier molecular flexibility index (Phi) is 16.3. The van der Waals surface area contributed by atoms with E-state index < -0.39 is 0 Å². The van der Waals surface area contributed by atoms with E-state index in [-0.39, 0.29) is 0 Å². The summed E-state index contributed by atoms with van der Waals surface area (Å²) >= 11 is 0. The van der Waals surface area contributed by atoms with Crippen LogP contribution in [0.15, 0.2) is 58.5 Å². The Labute approximate surface area is 233 Å². The third-order valence-corrected chi connectivity index (χ3v) is 6.47. The van der Waals surface area contributed by atoms with Crippen molar-refractivity contribution in [3.8, 4) is 23.7 Å². The zero-order valence-electron chi connectivity index (χ0n) is 24.4. The predicted molar refractivity (Wildman–Crippen MR) is 168 cm³/mol. The second-order valence-electron chi connectivity index (χ2n) is 9.89. The fourth-order valence-electron chi connectivity index (χ4n) is 4.12. The highest BCUT2D eigenvalue weighted by Gasteiger charge is 2.08. The largest absolute Gasteiger partial charge is 0.252 e. The second kappa shape index (κ2) is 19.9. The number of hydrogen-bond donors (Lipinski definition) is 0. The normalized spacial score (nSPS) is 11.5. The number of aliphatic imine (C=N–C) groups is 2. The van der Waals surface area contributed by atoms with Gasteiger partial charge >= 0.3 is 0 Å². The monoisotopic (exact) mass is 508 g/mol. The van der Waals surface area contributed by atoms with Crippen LogP contribution in [-0.4, -0.2) is 11.4 Å². The summed E-state index contributed by atoms with van der Waals surface area (Å²) in [6, 6.07) is 16.6. The molecule has 0 N–H and O–H groups in total. The minimum Gasteiger partial charge on any atom is -0.252 e. The van der Waals surface area contributed by atoms with E-state index in [4.69, 9.17) is 9.98 Å². The van der Waals surface area contributed by atoms with Crippen molar-refractivity contribution in [3.05, 3.63) is 59.7 Å². The molecule has 0 radical (unpaired) electrons. The lowest BCUT2D eigenvalue weighted by atomic mass is 10.1. The second-order valence-corrected chi connectivity index (χ2v) is 9.89. The van der Waals surface area contributed by atoms with Gasteiger partial charge in [-0.1, -0.05) is 96.3 Å². The standard InChI is InChI=1S/C36H48N2/c1-5-9-12-14-16-18-20-31-23-27-33(28-24-31)37-35(8-4)36(22-11-7-3)38-34-29-25-32(26-30-34)21-19-17-15-13-10-6-2/h23-30H,5-17,22H2,1-4H3. The smallest absolute Gasteiger partial charge is 0.0634 e. The minimum absolute atomic E-state index is 0.851. The van der Waals surface area contributed by atoms with Crippen LogP contribution in [-0.2, 0) is 0 Å². The molecular formula is C36H48N2. The lowest BCUT2D eigenvalue weighted by Crippen LogP contribution is -2.13. The predicted octanol–water partition coefficient (Wildman–Crippen LogP) is 10.8. The van der Waals surface area contributed by atoms with Crippen LogP contribution < -0.4 is 0 Å². The zero-order chi connectivity index (χ0) is 27.3. The van der Waals surface area contributed by atoms with E-state index in [2.05, 4.69) is 99.9 Å². The van der Waals surface area contributed by atoms with Crippen LogP contribution in [0.1, 0.15) is 129 Å². The molecule has 0 amide bonds. The van der Waals surface area contributed by atoms with Gasteiger partial charge in [0.25, 0.3) is 0 Å². The van der Waals surface area contributed by atoms with Crippen molar-refractivity contribution in [2.45, 2.75) is 118 Å². The van der Waals surface area contributed by atoms with Gasteiger partial charge < -0.3 is 0 Å². The van der Waals surface area contributed by atoms with Crippen molar-refractivity contribution in [1.29, 1.82) is 0 Å². The number of benzene rings is 2. The summed E-state index contributed by atoms with van der Waals surface area (Å²) in [6.07, 6.45) is 16.0. The molecule has 2 nitrogen and oxygen atoms in total. The van der Waals surface area contributed by atoms with Gasteiger partial charge in [-0.3, -0.25) is 9.98 Å². The van der Waals surface area contributed by atoms with E-state index in [9.17, 15) is 0 Å². The maximum absolute atomic E-state index is 5.04. The Morgan fingerprint density at radius 2 is 0.974 bits per heavy atom. The van der Waals surface area contributed by atoms with Crippen LogP contribution in [0.5, 0.6) is 0 Å². The van der Waals surface area contributed by atoms with Gasteiger partial charge in [-0.25, -0.2) is 0 Å². The van der Waals surface area contributed by atoms with E-state index >= 15 is 0 Å². The highest BCUT2D eigenvalue weighted by molar-refractivity contribution is 6.43. The molecular weight excluding hydrogens is 460 g/mol. The van der Waals surface area contributed by atoms with Crippen molar-refractivity contribution in [2.24, 2.45) is 9.98 Å². The number of rotatable bonds is 15. The van der Waals surface area contributed by atoms with Gasteiger partial charge in [-0.15, -0.1) is 0 Å². The molecule has 2 aromatic carbocycles. The molecule has 0 unspecified atom stereocenters. The van der Waals surface area contributed by atoms with Gasteiger partial charge in [0.05, 0.1) is 22.8 Å². The van der Waals surface area contributed by atoms with Crippen molar-refractivity contribution < 1.29 is 0 Å². The van der Waals surface area contributed by atoms with Gasteiger partial charge in [-0.05, 0) is 80.6 Å². The van der Waals surface area contributed by atoms with Crippen LogP contribution in [0.3, 0.4) is 0 Å². The van der Waals surface area contributed by atoms with Gasteiger partial charge in [0.1, 0.15) is 0 Å². The molecule has 0 bridgehead atoms. The van der Waals surface area contributed by atoms with Crippen LogP contribution in [0.2, 0.25) is 0 Å². The Morgan fingerprint density at radius 3 is 1.39 bits per heavy atom. The molecule has 0 aliphatic rings. The first-order chi connectivity index (χ1) is 18.7. The summed E-state index contributed by atoms with van der Waals surface area (Å²) in [5, 5.41) is 0. The molecule has 0 fully saturated rings. The molecule has 0 saturated heterocycles. The van der Waals surface area contributed by atoms with Crippen molar-refractivity contribution in [1.82, 2.24) is 0 Å². The number of unbranched alkanes of at least 4 members (excludes halogenated alkanes) is 9. The topological polar surface area (TPSA) is 24.7 Å². The lowest BCUT2D eigenvalue weighted by molar-refractivity contribution is 0.679. The van der Waals surface area contributed by atoms with Gasteiger partial charge in [0.2, 0.25) is 0 Å². The minimum atomic E-state index is 0.851. The molecule has 0 aromatic heterocycles. The molecule has 202 valence electrons. The molecule has 0 aliphatic carbocycles. The van der Waals surface area contributed by atoms with E-state index in [1.165, 1.54) is 51.4 Å². The Hall–Kier alpha value is -3.10. The third kappa shape index (κ3) is 12.9. The maximum atomic E-state index is 5.04. The Morgan fingerprint density at radius 1 is 0.526 bits per heavy atom. The molecule has 2 heteroatoms. The van der Waals surface area contributed by atoms with E-state index in [0.29, 0.717) is 0 Å². The van der Waals surface area contributed by atoms with Crippen LogP contribution >= 0.6 is 0 Å². The van der Waals surface area contributed by atoms with Crippen molar-refractivity contribution in [3.63, 3.8) is 0 Å². The number of hydrogen-bond acceptors (Lipinski definition) is 2. The van der Waals surface area contributed by atoms with E-state index in [1.54, 1.807) is 0 Å². The van der Waals surface area contributed by atoms with Crippen LogP contribution in [0, 0.1) is 23.7 Å².